The van der Waals surface area contributed by atoms with E-state index in [1.807, 2.05) is 16.9 Å². The topological polar surface area (TPSA) is 55.6 Å². The molecule has 1 N–H and O–H groups in total. The molecule has 0 aliphatic carbocycles. The molecule has 0 saturated carbocycles. The van der Waals surface area contributed by atoms with Crippen molar-refractivity contribution in [3.8, 4) is 22.1 Å². The highest BCUT2D eigenvalue weighted by molar-refractivity contribution is 7.13. The van der Waals surface area contributed by atoms with Gasteiger partial charge in [0.05, 0.1) is 6.04 Å². The molecule has 1 unspecified atom stereocenters. The molecule has 2 aromatic heterocycles. The first-order valence-corrected chi connectivity index (χ1v) is 8.09. The van der Waals surface area contributed by atoms with Gasteiger partial charge in [-0.05, 0) is 19.1 Å². The minimum Gasteiger partial charge on any atom is -0.307 e. The number of hydrogen-bond donors (Lipinski definition) is 1. The molecule has 3 heterocycles. The second-order valence-electron chi connectivity index (χ2n) is 5.37. The van der Waals surface area contributed by atoms with E-state index < -0.39 is 11.6 Å². The fraction of sp³-hybridized carbons (Fsp3) is 0.267. The SMILES string of the molecule is CC1NCCn2c(-c3csc(-c4ccc(F)cc4F)n3)nnc21. The molecule has 23 heavy (non-hydrogen) atoms. The lowest BCUT2D eigenvalue weighted by Crippen LogP contribution is -2.32. The van der Waals surface area contributed by atoms with Gasteiger partial charge in [0, 0.05) is 30.1 Å². The molecular formula is C15H13F2N5S. The first-order valence-electron chi connectivity index (χ1n) is 7.21. The Morgan fingerprint density at radius 3 is 3.00 bits per heavy atom. The molecule has 1 aliphatic rings. The quantitative estimate of drug-likeness (QED) is 0.783. The Balaban J connectivity index is 1.74. The molecule has 5 nitrogen and oxygen atoms in total. The molecule has 3 aromatic rings. The van der Waals surface area contributed by atoms with Gasteiger partial charge in [0.1, 0.15) is 28.2 Å². The van der Waals surface area contributed by atoms with Crippen molar-refractivity contribution in [2.24, 2.45) is 0 Å². The fourth-order valence-corrected chi connectivity index (χ4v) is 3.52. The molecule has 1 aliphatic heterocycles. The van der Waals surface area contributed by atoms with E-state index in [-0.39, 0.29) is 11.6 Å². The number of hydrogen-bond acceptors (Lipinski definition) is 5. The predicted octanol–water partition coefficient (Wildman–Crippen LogP) is 3.01. The second kappa shape index (κ2) is 5.47. The zero-order valence-electron chi connectivity index (χ0n) is 12.3. The number of rotatable bonds is 2. The molecule has 0 amide bonds. The molecule has 8 heteroatoms. The predicted molar refractivity (Wildman–Crippen MR) is 82.9 cm³/mol. The van der Waals surface area contributed by atoms with Crippen molar-refractivity contribution < 1.29 is 8.78 Å². The van der Waals surface area contributed by atoms with Crippen LogP contribution >= 0.6 is 11.3 Å². The van der Waals surface area contributed by atoms with E-state index in [1.165, 1.54) is 23.5 Å². The van der Waals surface area contributed by atoms with Crippen LogP contribution in [0.25, 0.3) is 22.1 Å². The van der Waals surface area contributed by atoms with Crippen molar-refractivity contribution in [3.63, 3.8) is 0 Å². The number of thiazole rings is 1. The van der Waals surface area contributed by atoms with Gasteiger partial charge >= 0.3 is 0 Å². The Morgan fingerprint density at radius 2 is 2.17 bits per heavy atom. The van der Waals surface area contributed by atoms with E-state index >= 15 is 0 Å². The van der Waals surface area contributed by atoms with Crippen molar-refractivity contribution in [1.29, 1.82) is 0 Å². The second-order valence-corrected chi connectivity index (χ2v) is 6.23. The summed E-state index contributed by atoms with van der Waals surface area (Å²) in [6.45, 7) is 3.63. The Morgan fingerprint density at radius 1 is 1.30 bits per heavy atom. The van der Waals surface area contributed by atoms with Crippen LogP contribution in [-0.4, -0.2) is 26.3 Å². The van der Waals surface area contributed by atoms with Crippen LogP contribution in [-0.2, 0) is 6.54 Å². The maximum absolute atomic E-state index is 13.9. The highest BCUT2D eigenvalue weighted by Crippen LogP contribution is 2.31. The van der Waals surface area contributed by atoms with Crippen LogP contribution in [0, 0.1) is 11.6 Å². The lowest BCUT2D eigenvalue weighted by atomic mass is 10.2. The van der Waals surface area contributed by atoms with Gasteiger partial charge in [0.15, 0.2) is 5.82 Å². The molecule has 0 fully saturated rings. The molecular weight excluding hydrogens is 320 g/mol. The summed E-state index contributed by atoms with van der Waals surface area (Å²) in [4.78, 5) is 4.46. The van der Waals surface area contributed by atoms with E-state index in [0.29, 0.717) is 16.5 Å². The zero-order valence-corrected chi connectivity index (χ0v) is 13.1. The molecule has 1 atom stereocenters. The summed E-state index contributed by atoms with van der Waals surface area (Å²) in [5.74, 6) is 0.329. The van der Waals surface area contributed by atoms with Crippen LogP contribution in [0.4, 0.5) is 8.78 Å². The number of aromatic nitrogens is 4. The molecule has 1 aromatic carbocycles. The largest absolute Gasteiger partial charge is 0.307 e. The minimum absolute atomic E-state index is 0.137. The van der Waals surface area contributed by atoms with Gasteiger partial charge in [-0.1, -0.05) is 0 Å². The van der Waals surface area contributed by atoms with Crippen LogP contribution in [0.3, 0.4) is 0 Å². The lowest BCUT2D eigenvalue weighted by Gasteiger charge is -2.21. The summed E-state index contributed by atoms with van der Waals surface area (Å²) in [7, 11) is 0. The highest BCUT2D eigenvalue weighted by Gasteiger charge is 2.23. The molecule has 4 rings (SSSR count). The molecule has 0 spiro atoms. The van der Waals surface area contributed by atoms with Gasteiger partial charge in [0.2, 0.25) is 0 Å². The van der Waals surface area contributed by atoms with Gasteiger partial charge in [-0.2, -0.15) is 0 Å². The van der Waals surface area contributed by atoms with Crippen LogP contribution in [0.2, 0.25) is 0 Å². The summed E-state index contributed by atoms with van der Waals surface area (Å²) >= 11 is 1.30. The summed E-state index contributed by atoms with van der Waals surface area (Å²) < 4.78 is 29.0. The monoisotopic (exact) mass is 333 g/mol. The van der Waals surface area contributed by atoms with E-state index in [2.05, 4.69) is 20.5 Å². The first-order chi connectivity index (χ1) is 11.1. The summed E-state index contributed by atoms with van der Waals surface area (Å²) in [5, 5.41) is 14.1. The van der Waals surface area contributed by atoms with Gasteiger partial charge in [-0.25, -0.2) is 13.8 Å². The third-order valence-corrected chi connectivity index (χ3v) is 4.72. The lowest BCUT2D eigenvalue weighted by molar-refractivity contribution is 0.439. The maximum Gasteiger partial charge on any atom is 0.183 e. The molecule has 0 saturated heterocycles. The van der Waals surface area contributed by atoms with E-state index in [1.54, 1.807) is 0 Å². The Kier molecular flexibility index (Phi) is 3.42. The van der Waals surface area contributed by atoms with Crippen LogP contribution < -0.4 is 5.32 Å². The van der Waals surface area contributed by atoms with Gasteiger partial charge in [-0.3, -0.25) is 0 Å². The van der Waals surface area contributed by atoms with E-state index in [4.69, 9.17) is 0 Å². The summed E-state index contributed by atoms with van der Waals surface area (Å²) in [5.41, 5.74) is 0.942. The standard InChI is InChI=1S/C15H13F2N5S/c1-8-13-20-21-14(22(13)5-4-18-8)12-7-23-15(19-12)10-3-2-9(16)6-11(10)17/h2-3,6-8,18H,4-5H2,1H3. The molecule has 0 radical (unpaired) electrons. The van der Waals surface area contributed by atoms with E-state index in [9.17, 15) is 8.78 Å². The number of nitrogens with one attached hydrogen (secondary N) is 1. The normalized spacial score (nSPS) is 17.3. The third kappa shape index (κ3) is 2.43. The fourth-order valence-electron chi connectivity index (χ4n) is 2.69. The number of benzene rings is 1. The van der Waals surface area contributed by atoms with E-state index in [0.717, 1.165) is 25.0 Å². The van der Waals surface area contributed by atoms with Crippen molar-refractivity contribution in [2.45, 2.75) is 19.5 Å². The smallest absolute Gasteiger partial charge is 0.183 e. The number of halogens is 2. The Hall–Kier alpha value is -2.19. The number of nitrogens with zero attached hydrogens (tertiary/aromatic N) is 4. The minimum atomic E-state index is -0.619. The van der Waals surface area contributed by atoms with Crippen molar-refractivity contribution in [2.75, 3.05) is 6.54 Å². The number of fused-ring (bicyclic) bond motifs is 1. The van der Waals surface area contributed by atoms with Gasteiger partial charge < -0.3 is 9.88 Å². The van der Waals surface area contributed by atoms with Crippen LogP contribution in [0.5, 0.6) is 0 Å². The van der Waals surface area contributed by atoms with Crippen molar-refractivity contribution in [3.05, 3.63) is 41.0 Å². The third-order valence-electron chi connectivity index (χ3n) is 3.85. The van der Waals surface area contributed by atoms with Gasteiger partial charge in [0.25, 0.3) is 0 Å². The maximum atomic E-state index is 13.9. The molecule has 118 valence electrons. The molecule has 0 bridgehead atoms. The average Bonchev–Trinajstić information content (AvgIpc) is 3.14. The van der Waals surface area contributed by atoms with Crippen molar-refractivity contribution >= 4 is 11.3 Å². The summed E-state index contributed by atoms with van der Waals surface area (Å²) in [6.07, 6.45) is 0. The van der Waals surface area contributed by atoms with Crippen molar-refractivity contribution in [1.82, 2.24) is 25.1 Å². The Bertz CT molecular complexity index is 873. The first kappa shape index (κ1) is 14.4. The average molecular weight is 333 g/mol. The van der Waals surface area contributed by atoms with Crippen LogP contribution in [0.15, 0.2) is 23.6 Å². The zero-order chi connectivity index (χ0) is 16.0. The highest BCUT2D eigenvalue weighted by atomic mass is 32.1. The van der Waals surface area contributed by atoms with Crippen LogP contribution in [0.1, 0.15) is 18.8 Å². The summed E-state index contributed by atoms with van der Waals surface area (Å²) in [6, 6.07) is 3.63. The Labute approximate surface area is 135 Å². The van der Waals surface area contributed by atoms with Gasteiger partial charge in [-0.15, -0.1) is 21.5 Å².